The Balaban J connectivity index is 1.96. The van der Waals surface area contributed by atoms with Gasteiger partial charge in [0.05, 0.1) is 15.4 Å². The predicted molar refractivity (Wildman–Crippen MR) is 91.8 cm³/mol. The number of allylic oxidation sites excluding steroid dienone is 2. The van der Waals surface area contributed by atoms with E-state index in [0.717, 1.165) is 0 Å². The maximum atomic E-state index is 12.0. The van der Waals surface area contributed by atoms with Crippen molar-refractivity contribution in [3.05, 3.63) is 86.0 Å². The number of non-ortho nitro benzene ring substituents is 1. The van der Waals surface area contributed by atoms with Crippen LogP contribution in [0.4, 0.5) is 17.1 Å². The Morgan fingerprint density at radius 2 is 1.76 bits per heavy atom. The smallest absolute Gasteiger partial charge is 0.276 e. The number of hydrogen-bond donors (Lipinski definition) is 1. The number of fused-ring (bicyclic) bond motifs is 1. The molecule has 0 fully saturated rings. The highest BCUT2D eigenvalue weighted by Crippen LogP contribution is 2.34. The minimum Gasteiger partial charge on any atom is -0.321 e. The van der Waals surface area contributed by atoms with Gasteiger partial charge in [0.2, 0.25) is 0 Å². The number of benzene rings is 2. The van der Waals surface area contributed by atoms with Crippen molar-refractivity contribution in [3.8, 4) is 0 Å². The van der Waals surface area contributed by atoms with E-state index < -0.39 is 9.85 Å². The van der Waals surface area contributed by atoms with Crippen LogP contribution in [-0.2, 0) is 4.79 Å². The second-order valence-electron chi connectivity index (χ2n) is 5.20. The van der Waals surface area contributed by atoms with Crippen molar-refractivity contribution in [2.75, 3.05) is 5.32 Å². The summed E-state index contributed by atoms with van der Waals surface area (Å²) < 4.78 is 0. The van der Waals surface area contributed by atoms with Gasteiger partial charge in [0, 0.05) is 35.0 Å². The number of hydrogen-bond acceptors (Lipinski definition) is 5. The fraction of sp³-hybridized carbons (Fsp3) is 0. The molecular formula is C17H11N3O5. The largest absolute Gasteiger partial charge is 0.321 e. The van der Waals surface area contributed by atoms with Crippen molar-refractivity contribution in [1.29, 1.82) is 0 Å². The molecule has 0 saturated carbocycles. The molecule has 2 aromatic carbocycles. The molecule has 8 nitrogen and oxygen atoms in total. The molecule has 8 heteroatoms. The van der Waals surface area contributed by atoms with Crippen molar-refractivity contribution in [2.24, 2.45) is 0 Å². The van der Waals surface area contributed by atoms with Gasteiger partial charge in [-0.25, -0.2) is 0 Å². The molecule has 3 rings (SSSR count). The number of para-hydroxylation sites is 1. The van der Waals surface area contributed by atoms with Gasteiger partial charge >= 0.3 is 0 Å². The molecule has 1 aliphatic rings. The van der Waals surface area contributed by atoms with Gasteiger partial charge in [0.1, 0.15) is 0 Å². The van der Waals surface area contributed by atoms with Crippen LogP contribution < -0.4 is 5.32 Å². The molecular weight excluding hydrogens is 326 g/mol. The second-order valence-corrected chi connectivity index (χ2v) is 5.20. The first kappa shape index (κ1) is 16.1. The van der Waals surface area contributed by atoms with E-state index in [4.69, 9.17) is 0 Å². The van der Waals surface area contributed by atoms with Crippen LogP contribution in [0.2, 0.25) is 0 Å². The van der Waals surface area contributed by atoms with E-state index in [1.165, 1.54) is 42.5 Å². The van der Waals surface area contributed by atoms with Crippen LogP contribution in [-0.4, -0.2) is 15.8 Å². The lowest BCUT2D eigenvalue weighted by atomic mass is 10.1. The first-order valence-electron chi connectivity index (χ1n) is 7.19. The van der Waals surface area contributed by atoms with Gasteiger partial charge in [-0.2, -0.15) is 0 Å². The Kier molecular flexibility index (Phi) is 4.09. The van der Waals surface area contributed by atoms with Gasteiger partial charge in [-0.1, -0.05) is 18.2 Å². The first-order chi connectivity index (χ1) is 12.0. The Hall–Kier alpha value is -3.81. The van der Waals surface area contributed by atoms with E-state index in [9.17, 15) is 25.0 Å². The van der Waals surface area contributed by atoms with Gasteiger partial charge in [-0.15, -0.1) is 0 Å². The Morgan fingerprint density at radius 1 is 1.00 bits per heavy atom. The van der Waals surface area contributed by atoms with Crippen LogP contribution >= 0.6 is 0 Å². The summed E-state index contributed by atoms with van der Waals surface area (Å²) in [5.74, 6) is -0.386. The fourth-order valence-corrected chi connectivity index (χ4v) is 2.50. The third-order valence-corrected chi connectivity index (χ3v) is 3.67. The lowest BCUT2D eigenvalue weighted by Gasteiger charge is -1.98. The van der Waals surface area contributed by atoms with E-state index in [-0.39, 0.29) is 22.9 Å². The fourth-order valence-electron chi connectivity index (χ4n) is 2.50. The number of carbonyl (C=O) groups is 1. The Labute approximate surface area is 141 Å². The van der Waals surface area contributed by atoms with E-state index in [2.05, 4.69) is 5.32 Å². The van der Waals surface area contributed by atoms with Gasteiger partial charge < -0.3 is 5.32 Å². The van der Waals surface area contributed by atoms with Crippen molar-refractivity contribution in [2.45, 2.75) is 0 Å². The van der Waals surface area contributed by atoms with E-state index in [1.807, 2.05) is 0 Å². The van der Waals surface area contributed by atoms with Crippen molar-refractivity contribution >= 4 is 34.6 Å². The normalized spacial score (nSPS) is 14.6. The molecule has 0 atom stereocenters. The average molecular weight is 337 g/mol. The number of carbonyl (C=O) groups excluding carboxylic acids is 1. The molecule has 1 amide bonds. The van der Waals surface area contributed by atoms with Crippen LogP contribution in [0.5, 0.6) is 0 Å². The average Bonchev–Trinajstić information content (AvgIpc) is 2.90. The van der Waals surface area contributed by atoms with E-state index in [1.54, 1.807) is 18.2 Å². The van der Waals surface area contributed by atoms with Gasteiger partial charge in [-0.3, -0.25) is 25.0 Å². The summed E-state index contributed by atoms with van der Waals surface area (Å²) in [6.45, 7) is 0. The summed E-state index contributed by atoms with van der Waals surface area (Å²) in [5.41, 5.74) is 1.38. The highest BCUT2D eigenvalue weighted by molar-refractivity contribution is 6.31. The number of amides is 1. The van der Waals surface area contributed by atoms with Crippen LogP contribution in [0.15, 0.2) is 54.6 Å². The van der Waals surface area contributed by atoms with Crippen molar-refractivity contribution in [1.82, 2.24) is 0 Å². The SMILES string of the molecule is O=C1Nc2ccc([N+](=O)[O-])cc2/C1=C/C=C/c1ccccc1[N+](=O)[O-]. The quantitative estimate of drug-likeness (QED) is 0.520. The van der Waals surface area contributed by atoms with Crippen molar-refractivity contribution < 1.29 is 14.6 Å². The third-order valence-electron chi connectivity index (χ3n) is 3.67. The number of nitrogens with zero attached hydrogens (tertiary/aromatic N) is 2. The molecule has 0 bridgehead atoms. The maximum absolute atomic E-state index is 12.0. The number of nitro benzene ring substituents is 2. The second kappa shape index (κ2) is 6.36. The Morgan fingerprint density at radius 3 is 2.48 bits per heavy atom. The summed E-state index contributed by atoms with van der Waals surface area (Å²) in [6.07, 6.45) is 4.49. The molecule has 0 saturated heterocycles. The summed E-state index contributed by atoms with van der Waals surface area (Å²) in [5, 5.41) is 24.5. The van der Waals surface area contributed by atoms with Crippen LogP contribution in [0.25, 0.3) is 11.6 Å². The predicted octanol–water partition coefficient (Wildman–Crippen LogP) is 3.55. The standard InChI is InChI=1S/C17H11N3O5/c21-17-13(14-10-12(19(22)23)8-9-15(14)18-17)6-3-5-11-4-1-2-7-16(11)20(24)25/h1-10H,(H,18,21)/b5-3+,13-6-. The topological polar surface area (TPSA) is 115 Å². The summed E-state index contributed by atoms with van der Waals surface area (Å²) in [7, 11) is 0. The summed E-state index contributed by atoms with van der Waals surface area (Å²) >= 11 is 0. The number of rotatable bonds is 4. The lowest BCUT2D eigenvalue weighted by molar-refractivity contribution is -0.385. The molecule has 1 heterocycles. The van der Waals surface area contributed by atoms with Gasteiger partial charge in [0.25, 0.3) is 17.3 Å². The molecule has 1 aliphatic heterocycles. The monoisotopic (exact) mass is 337 g/mol. The summed E-state index contributed by atoms with van der Waals surface area (Å²) in [4.78, 5) is 32.9. The highest BCUT2D eigenvalue weighted by atomic mass is 16.6. The van der Waals surface area contributed by atoms with Crippen molar-refractivity contribution in [3.63, 3.8) is 0 Å². The molecule has 0 aromatic heterocycles. The maximum Gasteiger partial charge on any atom is 0.276 e. The Bertz CT molecular complexity index is 963. The number of anilines is 1. The van der Waals surface area contributed by atoms with Crippen LogP contribution in [0.3, 0.4) is 0 Å². The molecule has 0 aliphatic carbocycles. The number of nitrogens with one attached hydrogen (secondary N) is 1. The van der Waals surface area contributed by atoms with E-state index >= 15 is 0 Å². The molecule has 1 N–H and O–H groups in total. The van der Waals surface area contributed by atoms with Gasteiger partial charge in [0.15, 0.2) is 0 Å². The number of nitro groups is 2. The van der Waals surface area contributed by atoms with Crippen LogP contribution in [0, 0.1) is 20.2 Å². The molecule has 2 aromatic rings. The minimum absolute atomic E-state index is 0.0518. The molecule has 0 spiro atoms. The first-order valence-corrected chi connectivity index (χ1v) is 7.19. The third kappa shape index (κ3) is 3.13. The molecule has 25 heavy (non-hydrogen) atoms. The lowest BCUT2D eigenvalue weighted by Crippen LogP contribution is -2.03. The zero-order valence-electron chi connectivity index (χ0n) is 12.7. The molecule has 0 radical (unpaired) electrons. The zero-order valence-corrected chi connectivity index (χ0v) is 12.7. The van der Waals surface area contributed by atoms with E-state index in [0.29, 0.717) is 16.8 Å². The highest BCUT2D eigenvalue weighted by Gasteiger charge is 2.25. The zero-order chi connectivity index (χ0) is 18.0. The molecule has 0 unspecified atom stereocenters. The minimum atomic E-state index is -0.538. The summed E-state index contributed by atoms with van der Waals surface area (Å²) in [6, 6.07) is 10.3. The van der Waals surface area contributed by atoms with Gasteiger partial charge in [-0.05, 0) is 24.3 Å². The van der Waals surface area contributed by atoms with Crippen LogP contribution in [0.1, 0.15) is 11.1 Å². The molecule has 124 valence electrons.